The number of rotatable bonds is 13. The summed E-state index contributed by atoms with van der Waals surface area (Å²) in [5.41, 5.74) is 0.993. The lowest BCUT2D eigenvalue weighted by Gasteiger charge is -2.13. The zero-order valence-electron chi connectivity index (χ0n) is 15.8. The van der Waals surface area contributed by atoms with E-state index < -0.39 is 10.0 Å². The van der Waals surface area contributed by atoms with Crippen molar-refractivity contribution in [1.82, 2.24) is 4.72 Å². The van der Waals surface area contributed by atoms with E-state index in [1.807, 2.05) is 32.0 Å². The molecule has 1 aromatic rings. The maximum absolute atomic E-state index is 11.6. The third-order valence-corrected chi connectivity index (χ3v) is 5.50. The SMILES string of the molecule is CCOc1ccc(NCCCCCNS(=O)(=O)C(C)C)cc1OCC. The minimum absolute atomic E-state index is 0.381. The second-order valence-corrected chi connectivity index (χ2v) is 8.32. The van der Waals surface area contributed by atoms with Crippen LogP contribution in [0.5, 0.6) is 11.5 Å². The third-order valence-electron chi connectivity index (χ3n) is 3.65. The lowest BCUT2D eigenvalue weighted by atomic mass is 10.2. The summed E-state index contributed by atoms with van der Waals surface area (Å²) in [7, 11) is -3.14. The fourth-order valence-corrected chi connectivity index (χ4v) is 2.96. The van der Waals surface area contributed by atoms with Gasteiger partial charge in [0.2, 0.25) is 10.0 Å². The minimum Gasteiger partial charge on any atom is -0.490 e. The molecule has 1 aromatic carbocycles. The molecule has 2 N–H and O–H groups in total. The van der Waals surface area contributed by atoms with E-state index in [-0.39, 0.29) is 5.25 Å². The van der Waals surface area contributed by atoms with Gasteiger partial charge in [0.1, 0.15) is 0 Å². The highest BCUT2D eigenvalue weighted by Crippen LogP contribution is 2.30. The van der Waals surface area contributed by atoms with Crippen LogP contribution >= 0.6 is 0 Å². The Balaban J connectivity index is 2.31. The van der Waals surface area contributed by atoms with E-state index >= 15 is 0 Å². The third kappa shape index (κ3) is 7.96. The first-order valence-corrected chi connectivity index (χ1v) is 10.6. The molecule has 144 valence electrons. The number of unbranched alkanes of at least 4 members (excludes halogenated alkanes) is 2. The zero-order valence-corrected chi connectivity index (χ0v) is 16.6. The average Bonchev–Trinajstić information content (AvgIpc) is 2.56. The molecule has 0 aliphatic rings. The molecule has 0 aliphatic carbocycles. The molecule has 0 fully saturated rings. The topological polar surface area (TPSA) is 76.7 Å². The highest BCUT2D eigenvalue weighted by molar-refractivity contribution is 7.90. The number of ether oxygens (including phenoxy) is 2. The molecule has 0 aliphatic heterocycles. The van der Waals surface area contributed by atoms with Gasteiger partial charge >= 0.3 is 0 Å². The van der Waals surface area contributed by atoms with E-state index in [0.717, 1.165) is 43.0 Å². The van der Waals surface area contributed by atoms with E-state index in [1.165, 1.54) is 0 Å². The molecule has 1 rings (SSSR count). The van der Waals surface area contributed by atoms with Gasteiger partial charge in [0.15, 0.2) is 11.5 Å². The molecule has 0 saturated heterocycles. The summed E-state index contributed by atoms with van der Waals surface area (Å²) >= 11 is 0. The monoisotopic (exact) mass is 372 g/mol. The van der Waals surface area contributed by atoms with Crippen LogP contribution in [0, 0.1) is 0 Å². The Hall–Kier alpha value is -1.47. The van der Waals surface area contributed by atoms with Gasteiger partial charge in [-0.15, -0.1) is 0 Å². The first-order chi connectivity index (χ1) is 11.9. The van der Waals surface area contributed by atoms with Gasteiger partial charge < -0.3 is 14.8 Å². The normalized spacial score (nSPS) is 11.6. The molecule has 0 saturated carbocycles. The molecule has 0 atom stereocenters. The van der Waals surface area contributed by atoms with E-state index in [9.17, 15) is 8.42 Å². The first kappa shape index (κ1) is 21.6. The predicted molar refractivity (Wildman–Crippen MR) is 103 cm³/mol. The van der Waals surface area contributed by atoms with Crippen LogP contribution in [0.15, 0.2) is 18.2 Å². The Bertz CT molecular complexity index is 603. The van der Waals surface area contributed by atoms with E-state index in [1.54, 1.807) is 13.8 Å². The second-order valence-electron chi connectivity index (χ2n) is 6.00. The zero-order chi connectivity index (χ0) is 18.7. The maximum Gasteiger partial charge on any atom is 0.213 e. The van der Waals surface area contributed by atoms with Crippen LogP contribution in [-0.4, -0.2) is 40.0 Å². The van der Waals surface area contributed by atoms with Crippen molar-refractivity contribution in [2.75, 3.05) is 31.6 Å². The molecule has 0 amide bonds. The highest BCUT2D eigenvalue weighted by atomic mass is 32.2. The molecule has 0 radical (unpaired) electrons. The first-order valence-electron chi connectivity index (χ1n) is 9.02. The van der Waals surface area contributed by atoms with Crippen molar-refractivity contribution < 1.29 is 17.9 Å². The molecule has 6 nitrogen and oxygen atoms in total. The standard InChI is InChI=1S/C18H32N2O4S/c1-5-23-17-11-10-16(14-18(17)24-6-2)19-12-8-7-9-13-20-25(21,22)15(3)4/h10-11,14-15,19-20H,5-9,12-13H2,1-4H3. The lowest BCUT2D eigenvalue weighted by Crippen LogP contribution is -2.31. The number of nitrogens with one attached hydrogen (secondary N) is 2. The van der Waals surface area contributed by atoms with Crippen LogP contribution in [0.4, 0.5) is 5.69 Å². The summed E-state index contributed by atoms with van der Waals surface area (Å²) < 4.78 is 37.0. The van der Waals surface area contributed by atoms with Gasteiger partial charge in [-0.05, 0) is 52.7 Å². The Morgan fingerprint density at radius 2 is 1.60 bits per heavy atom. The van der Waals surface area contributed by atoms with Crippen LogP contribution in [-0.2, 0) is 10.0 Å². The van der Waals surface area contributed by atoms with Crippen LogP contribution in [0.3, 0.4) is 0 Å². The largest absolute Gasteiger partial charge is 0.490 e. The van der Waals surface area contributed by atoms with Crippen molar-refractivity contribution in [2.24, 2.45) is 0 Å². The summed E-state index contributed by atoms with van der Waals surface area (Å²) in [6, 6.07) is 5.84. The quantitative estimate of drug-likeness (QED) is 0.519. The van der Waals surface area contributed by atoms with E-state index in [2.05, 4.69) is 10.0 Å². The maximum atomic E-state index is 11.6. The molecule has 25 heavy (non-hydrogen) atoms. The van der Waals surface area contributed by atoms with Crippen molar-refractivity contribution in [3.63, 3.8) is 0 Å². The van der Waals surface area contributed by atoms with Crippen molar-refractivity contribution in [1.29, 1.82) is 0 Å². The molecule has 0 spiro atoms. The highest BCUT2D eigenvalue weighted by Gasteiger charge is 2.13. The summed E-state index contributed by atoms with van der Waals surface area (Å²) in [6.07, 6.45) is 2.77. The number of anilines is 1. The second kappa shape index (κ2) is 11.2. The average molecular weight is 373 g/mol. The Kier molecular flexibility index (Phi) is 9.67. The van der Waals surface area contributed by atoms with E-state index in [0.29, 0.717) is 19.8 Å². The van der Waals surface area contributed by atoms with Gasteiger partial charge in [-0.1, -0.05) is 6.42 Å². The smallest absolute Gasteiger partial charge is 0.213 e. The lowest BCUT2D eigenvalue weighted by molar-refractivity contribution is 0.288. The number of hydrogen-bond donors (Lipinski definition) is 2. The number of hydrogen-bond acceptors (Lipinski definition) is 5. The van der Waals surface area contributed by atoms with Gasteiger partial charge in [-0.2, -0.15) is 0 Å². The van der Waals surface area contributed by atoms with Crippen LogP contribution < -0.4 is 19.5 Å². The number of benzene rings is 1. The molecule has 0 bridgehead atoms. The Labute approximate surface area is 152 Å². The molecular weight excluding hydrogens is 340 g/mol. The fraction of sp³-hybridized carbons (Fsp3) is 0.667. The Morgan fingerprint density at radius 3 is 2.24 bits per heavy atom. The van der Waals surface area contributed by atoms with Gasteiger partial charge in [-0.3, -0.25) is 0 Å². The molecule has 7 heteroatoms. The van der Waals surface area contributed by atoms with Crippen molar-refractivity contribution in [3.05, 3.63) is 18.2 Å². The summed E-state index contributed by atoms with van der Waals surface area (Å²) in [6.45, 7) is 9.78. The van der Waals surface area contributed by atoms with Crippen molar-refractivity contribution in [2.45, 2.75) is 52.2 Å². The molecular formula is C18H32N2O4S. The van der Waals surface area contributed by atoms with Crippen molar-refractivity contribution in [3.8, 4) is 11.5 Å². The Morgan fingerprint density at radius 1 is 0.960 bits per heavy atom. The van der Waals surface area contributed by atoms with Gasteiger partial charge in [0.05, 0.1) is 18.5 Å². The minimum atomic E-state index is -3.14. The number of sulfonamides is 1. The predicted octanol–water partition coefficient (Wildman–Crippen LogP) is 3.39. The molecule has 0 aromatic heterocycles. The summed E-state index contributed by atoms with van der Waals surface area (Å²) in [5, 5.41) is 2.98. The van der Waals surface area contributed by atoms with Gasteiger partial charge in [-0.25, -0.2) is 13.1 Å². The van der Waals surface area contributed by atoms with Crippen LogP contribution in [0.25, 0.3) is 0 Å². The molecule has 0 unspecified atom stereocenters. The van der Waals surface area contributed by atoms with Gasteiger partial charge in [0.25, 0.3) is 0 Å². The fourth-order valence-electron chi connectivity index (χ4n) is 2.20. The van der Waals surface area contributed by atoms with Crippen LogP contribution in [0.1, 0.15) is 47.0 Å². The summed E-state index contributed by atoms with van der Waals surface area (Å²) in [5.74, 6) is 1.50. The van der Waals surface area contributed by atoms with Gasteiger partial charge in [0, 0.05) is 24.8 Å². The summed E-state index contributed by atoms with van der Waals surface area (Å²) in [4.78, 5) is 0. The van der Waals surface area contributed by atoms with E-state index in [4.69, 9.17) is 9.47 Å². The molecule has 0 heterocycles. The van der Waals surface area contributed by atoms with Crippen molar-refractivity contribution >= 4 is 15.7 Å². The van der Waals surface area contributed by atoms with Crippen LogP contribution in [0.2, 0.25) is 0 Å².